The Hall–Kier alpha value is -2.53. The summed E-state index contributed by atoms with van der Waals surface area (Å²) in [5.41, 5.74) is 1.67. The molecule has 136 valence electrons. The first-order valence-electron chi connectivity index (χ1n) is 9.12. The van der Waals surface area contributed by atoms with Gasteiger partial charge in [-0.25, -0.2) is 0 Å². The van der Waals surface area contributed by atoms with Crippen LogP contribution in [0.1, 0.15) is 28.8 Å². The van der Waals surface area contributed by atoms with Crippen LogP contribution in [0.15, 0.2) is 48.5 Å². The van der Waals surface area contributed by atoms with Crippen molar-refractivity contribution in [3.8, 4) is 11.5 Å². The molecule has 2 aromatic carbocycles. The fourth-order valence-electron chi connectivity index (χ4n) is 3.66. The van der Waals surface area contributed by atoms with Crippen molar-refractivity contribution >= 4 is 5.91 Å². The van der Waals surface area contributed by atoms with E-state index in [1.54, 1.807) is 6.07 Å². The molecule has 4 rings (SSSR count). The first kappa shape index (κ1) is 16.9. The molecule has 1 fully saturated rings. The van der Waals surface area contributed by atoms with Gasteiger partial charge in [-0.15, -0.1) is 0 Å². The van der Waals surface area contributed by atoms with E-state index in [4.69, 9.17) is 9.47 Å². The summed E-state index contributed by atoms with van der Waals surface area (Å²) in [5.74, 6) is 1.26. The van der Waals surface area contributed by atoms with Crippen LogP contribution < -0.4 is 14.8 Å². The van der Waals surface area contributed by atoms with Crippen LogP contribution in [0.4, 0.5) is 0 Å². The highest BCUT2D eigenvalue weighted by molar-refractivity contribution is 5.98. The molecule has 0 spiro atoms. The van der Waals surface area contributed by atoms with E-state index in [-0.39, 0.29) is 24.0 Å². The number of aliphatic hydroxyl groups is 1. The smallest absolute Gasteiger partial charge is 0.255 e. The average Bonchev–Trinajstić information content (AvgIpc) is 2.65. The molecule has 1 saturated carbocycles. The zero-order chi connectivity index (χ0) is 17.9. The highest BCUT2D eigenvalue weighted by Crippen LogP contribution is 2.35. The van der Waals surface area contributed by atoms with Gasteiger partial charge in [0.25, 0.3) is 5.91 Å². The van der Waals surface area contributed by atoms with Crippen molar-refractivity contribution in [2.24, 2.45) is 5.92 Å². The van der Waals surface area contributed by atoms with Crippen molar-refractivity contribution in [3.05, 3.63) is 59.7 Å². The van der Waals surface area contributed by atoms with E-state index in [1.165, 1.54) is 5.56 Å². The van der Waals surface area contributed by atoms with Crippen LogP contribution in [-0.4, -0.2) is 36.4 Å². The highest BCUT2D eigenvalue weighted by atomic mass is 16.6. The molecule has 2 N–H and O–H groups in total. The molecule has 1 amide bonds. The Bertz CT molecular complexity index is 771. The average molecular weight is 353 g/mol. The van der Waals surface area contributed by atoms with Gasteiger partial charge in [0.05, 0.1) is 11.7 Å². The minimum absolute atomic E-state index is 0.0198. The Labute approximate surface area is 152 Å². The van der Waals surface area contributed by atoms with Crippen molar-refractivity contribution in [1.29, 1.82) is 0 Å². The molecule has 0 saturated heterocycles. The van der Waals surface area contributed by atoms with Gasteiger partial charge in [-0.3, -0.25) is 4.79 Å². The Morgan fingerprint density at radius 1 is 1.08 bits per heavy atom. The maximum Gasteiger partial charge on any atom is 0.255 e. The number of fused-ring (bicyclic) bond motifs is 1. The molecule has 1 aliphatic carbocycles. The lowest BCUT2D eigenvalue weighted by Crippen LogP contribution is -2.48. The number of hydrogen-bond acceptors (Lipinski definition) is 4. The molecule has 0 unspecified atom stereocenters. The van der Waals surface area contributed by atoms with Crippen molar-refractivity contribution < 1.29 is 19.4 Å². The second-order valence-corrected chi connectivity index (χ2v) is 6.98. The van der Waals surface area contributed by atoms with Gasteiger partial charge in [-0.1, -0.05) is 36.4 Å². The third kappa shape index (κ3) is 3.53. The van der Waals surface area contributed by atoms with Crippen LogP contribution in [0.25, 0.3) is 0 Å². The molecule has 0 radical (unpaired) electrons. The minimum Gasteiger partial charge on any atom is -0.486 e. The number of rotatable bonds is 5. The van der Waals surface area contributed by atoms with Gasteiger partial charge in [0.2, 0.25) is 0 Å². The van der Waals surface area contributed by atoms with Gasteiger partial charge >= 0.3 is 0 Å². The number of benzene rings is 2. The summed E-state index contributed by atoms with van der Waals surface area (Å²) in [5, 5.41) is 12.9. The Kier molecular flexibility index (Phi) is 4.80. The van der Waals surface area contributed by atoms with Crippen molar-refractivity contribution in [3.63, 3.8) is 0 Å². The molecule has 1 heterocycles. The van der Waals surface area contributed by atoms with Gasteiger partial charge in [0, 0.05) is 6.04 Å². The van der Waals surface area contributed by atoms with Gasteiger partial charge in [-0.05, 0) is 42.9 Å². The van der Waals surface area contributed by atoms with E-state index >= 15 is 0 Å². The number of ether oxygens (including phenoxy) is 2. The maximum atomic E-state index is 12.9. The predicted octanol–water partition coefficient (Wildman–Crippen LogP) is 2.57. The number of carbonyl (C=O) groups excluding carboxylic acids is 1. The Balaban J connectivity index is 1.53. The molecule has 1 aliphatic heterocycles. The minimum atomic E-state index is -0.253. The van der Waals surface area contributed by atoms with Crippen LogP contribution >= 0.6 is 0 Å². The van der Waals surface area contributed by atoms with Gasteiger partial charge in [0.15, 0.2) is 11.5 Å². The first-order valence-corrected chi connectivity index (χ1v) is 9.12. The number of aliphatic hydroxyl groups excluding tert-OH is 1. The largest absolute Gasteiger partial charge is 0.486 e. The number of hydrogen-bond donors (Lipinski definition) is 2. The van der Waals surface area contributed by atoms with E-state index in [0.29, 0.717) is 30.3 Å². The second kappa shape index (κ2) is 7.38. The predicted molar refractivity (Wildman–Crippen MR) is 97.6 cm³/mol. The van der Waals surface area contributed by atoms with Crippen LogP contribution in [0.3, 0.4) is 0 Å². The van der Waals surface area contributed by atoms with E-state index in [1.807, 2.05) is 30.3 Å². The van der Waals surface area contributed by atoms with E-state index in [9.17, 15) is 9.90 Å². The van der Waals surface area contributed by atoms with Crippen LogP contribution in [0, 0.1) is 5.92 Å². The first-order chi connectivity index (χ1) is 12.7. The highest BCUT2D eigenvalue weighted by Gasteiger charge is 2.35. The van der Waals surface area contributed by atoms with Gasteiger partial charge < -0.3 is 19.9 Å². The molecule has 2 aromatic rings. The molecule has 2 aliphatic rings. The zero-order valence-electron chi connectivity index (χ0n) is 14.6. The monoisotopic (exact) mass is 353 g/mol. The van der Waals surface area contributed by atoms with Crippen LogP contribution in [0.2, 0.25) is 0 Å². The van der Waals surface area contributed by atoms with E-state index in [0.717, 1.165) is 19.3 Å². The molecular formula is C21H23NO4. The standard InChI is InChI=1S/C21H23NO4/c23-16-12-15(13-16)18(11-14-5-2-1-3-6-14)22-21(24)17-7-4-8-19-20(17)26-10-9-25-19/h1-8,15-16,18,23H,9-13H2,(H,22,24)/t15?,16?,18-/m1/s1. The maximum absolute atomic E-state index is 12.9. The summed E-state index contributed by atoms with van der Waals surface area (Å²) >= 11 is 0. The summed E-state index contributed by atoms with van der Waals surface area (Å²) in [7, 11) is 0. The fraction of sp³-hybridized carbons (Fsp3) is 0.381. The quantitative estimate of drug-likeness (QED) is 0.867. The van der Waals surface area contributed by atoms with Crippen molar-refractivity contribution in [2.45, 2.75) is 31.4 Å². The lowest BCUT2D eigenvalue weighted by atomic mass is 9.75. The lowest BCUT2D eigenvalue weighted by Gasteiger charge is -2.38. The van der Waals surface area contributed by atoms with Crippen LogP contribution in [0.5, 0.6) is 11.5 Å². The normalized spacial score (nSPS) is 22.2. The molecule has 5 nitrogen and oxygen atoms in total. The third-order valence-corrected chi connectivity index (χ3v) is 5.14. The summed E-state index contributed by atoms with van der Waals surface area (Å²) in [6, 6.07) is 15.5. The van der Waals surface area contributed by atoms with E-state index in [2.05, 4.69) is 17.4 Å². The topological polar surface area (TPSA) is 67.8 Å². The number of carbonyl (C=O) groups is 1. The molecule has 0 aromatic heterocycles. The summed E-state index contributed by atoms with van der Waals surface area (Å²) in [4.78, 5) is 12.9. The van der Waals surface area contributed by atoms with Gasteiger partial charge in [-0.2, -0.15) is 0 Å². The van der Waals surface area contributed by atoms with E-state index < -0.39 is 0 Å². The summed E-state index contributed by atoms with van der Waals surface area (Å²) in [6.07, 6.45) is 1.95. The third-order valence-electron chi connectivity index (χ3n) is 5.14. The Morgan fingerprint density at radius 2 is 1.85 bits per heavy atom. The number of nitrogens with one attached hydrogen (secondary N) is 1. The van der Waals surface area contributed by atoms with Crippen molar-refractivity contribution in [1.82, 2.24) is 5.32 Å². The lowest BCUT2D eigenvalue weighted by molar-refractivity contribution is 0.0238. The van der Waals surface area contributed by atoms with Gasteiger partial charge in [0.1, 0.15) is 13.2 Å². The number of amides is 1. The molecule has 5 heteroatoms. The fourth-order valence-corrected chi connectivity index (χ4v) is 3.66. The summed E-state index contributed by atoms with van der Waals surface area (Å²) in [6.45, 7) is 0.939. The summed E-state index contributed by atoms with van der Waals surface area (Å²) < 4.78 is 11.2. The molecule has 0 bridgehead atoms. The van der Waals surface area contributed by atoms with Crippen molar-refractivity contribution in [2.75, 3.05) is 13.2 Å². The molecule has 26 heavy (non-hydrogen) atoms. The molecule has 1 atom stereocenters. The SMILES string of the molecule is O=C(N[C@H](Cc1ccccc1)C1CC(O)C1)c1cccc2c1OCCO2. The Morgan fingerprint density at radius 3 is 2.62 bits per heavy atom. The number of para-hydroxylation sites is 1. The van der Waals surface area contributed by atoms with Crippen LogP contribution in [-0.2, 0) is 6.42 Å². The molecular weight excluding hydrogens is 330 g/mol. The zero-order valence-corrected chi connectivity index (χ0v) is 14.6. The second-order valence-electron chi connectivity index (χ2n) is 6.98.